The number of carbonyl (C=O) groups is 2. The van der Waals surface area contributed by atoms with Gasteiger partial charge in [0.05, 0.1) is 27.9 Å². The highest BCUT2D eigenvalue weighted by molar-refractivity contribution is 7.99. The fourth-order valence-corrected chi connectivity index (χ4v) is 7.01. The first-order valence-electron chi connectivity index (χ1n) is 12.6. The molecule has 8 nitrogen and oxygen atoms in total. The van der Waals surface area contributed by atoms with Gasteiger partial charge in [0.2, 0.25) is 5.91 Å². The molecule has 4 rings (SSSR count). The van der Waals surface area contributed by atoms with Crippen molar-refractivity contribution in [2.24, 2.45) is 11.3 Å². The quantitative estimate of drug-likeness (QED) is 0.290. The molecule has 1 aromatic carbocycles. The van der Waals surface area contributed by atoms with Crippen molar-refractivity contribution in [1.82, 2.24) is 20.1 Å². The Morgan fingerprint density at radius 1 is 1.26 bits per heavy atom. The number of anilines is 1. The maximum Gasteiger partial charge on any atom is 0.251 e. The largest absolute Gasteiger partial charge is 0.345 e. The second-order valence-electron chi connectivity index (χ2n) is 10.4. The van der Waals surface area contributed by atoms with Crippen molar-refractivity contribution >= 4 is 63.1 Å². The zero-order valence-electron chi connectivity index (χ0n) is 22.2. The summed E-state index contributed by atoms with van der Waals surface area (Å²) in [5, 5.41) is 25.9. The van der Waals surface area contributed by atoms with Crippen molar-refractivity contribution < 1.29 is 9.59 Å². The molecule has 0 bridgehead atoms. The summed E-state index contributed by atoms with van der Waals surface area (Å²) in [6.45, 7) is 9.44. The van der Waals surface area contributed by atoms with E-state index in [-0.39, 0.29) is 29.5 Å². The van der Waals surface area contributed by atoms with Crippen LogP contribution in [0.2, 0.25) is 10.0 Å². The Labute approximate surface area is 246 Å². The van der Waals surface area contributed by atoms with Crippen LogP contribution >= 0.6 is 46.3 Å². The summed E-state index contributed by atoms with van der Waals surface area (Å²) in [6, 6.07) is 6.99. The number of nitrogens with one attached hydrogen (secondary N) is 2. The summed E-state index contributed by atoms with van der Waals surface area (Å²) < 4.78 is 1.85. The summed E-state index contributed by atoms with van der Waals surface area (Å²) in [4.78, 5) is 26.6. The normalized spacial score (nSPS) is 14.9. The number of halogens is 2. The van der Waals surface area contributed by atoms with Crippen molar-refractivity contribution in [2.45, 2.75) is 65.2 Å². The van der Waals surface area contributed by atoms with E-state index in [0.29, 0.717) is 49.6 Å². The van der Waals surface area contributed by atoms with Gasteiger partial charge >= 0.3 is 0 Å². The van der Waals surface area contributed by atoms with E-state index in [4.69, 9.17) is 23.2 Å². The molecular weight excluding hydrogens is 575 g/mol. The minimum atomic E-state index is -0.312. The Bertz CT molecular complexity index is 1440. The highest BCUT2D eigenvalue weighted by atomic mass is 35.5. The predicted molar refractivity (Wildman–Crippen MR) is 157 cm³/mol. The lowest BCUT2D eigenvalue weighted by Gasteiger charge is -2.33. The Kier molecular flexibility index (Phi) is 9.27. The van der Waals surface area contributed by atoms with Gasteiger partial charge in [0, 0.05) is 17.0 Å². The number of thiophene rings is 1. The number of fused-ring (bicyclic) bond motifs is 1. The lowest BCUT2D eigenvalue weighted by molar-refractivity contribution is -0.113. The summed E-state index contributed by atoms with van der Waals surface area (Å²) in [5.74, 6) is 0.722. The number of nitrogens with zero attached hydrogens (tertiary/aromatic N) is 4. The first kappa shape index (κ1) is 29.4. The first-order valence-corrected chi connectivity index (χ1v) is 15.2. The highest BCUT2D eigenvalue weighted by Gasteiger charge is 2.32. The van der Waals surface area contributed by atoms with Crippen LogP contribution in [-0.4, -0.2) is 32.3 Å². The summed E-state index contributed by atoms with van der Waals surface area (Å²) in [5.41, 5.74) is 2.27. The second-order valence-corrected chi connectivity index (χ2v) is 13.3. The number of hydrogen-bond acceptors (Lipinski definition) is 7. The molecule has 2 heterocycles. The maximum atomic E-state index is 12.9. The molecule has 0 aliphatic heterocycles. The van der Waals surface area contributed by atoms with Crippen LogP contribution in [0.25, 0.3) is 0 Å². The minimum absolute atomic E-state index is 0.117. The van der Waals surface area contributed by atoms with Gasteiger partial charge in [0.1, 0.15) is 11.1 Å². The van der Waals surface area contributed by atoms with Gasteiger partial charge in [-0.1, -0.05) is 55.7 Å². The number of nitriles is 1. The van der Waals surface area contributed by atoms with E-state index in [0.717, 1.165) is 24.8 Å². The molecule has 0 spiro atoms. The van der Waals surface area contributed by atoms with Crippen molar-refractivity contribution in [3.05, 3.63) is 55.6 Å². The fraction of sp³-hybridized carbons (Fsp3) is 0.444. The maximum absolute atomic E-state index is 12.9. The fourth-order valence-electron chi connectivity index (χ4n) is 4.60. The average Bonchev–Trinajstić information content (AvgIpc) is 3.46. The third-order valence-electron chi connectivity index (χ3n) is 6.89. The van der Waals surface area contributed by atoms with E-state index in [9.17, 15) is 14.9 Å². The van der Waals surface area contributed by atoms with Crippen LogP contribution in [0.4, 0.5) is 5.00 Å². The number of aromatic nitrogens is 3. The van der Waals surface area contributed by atoms with Crippen molar-refractivity contribution in [1.29, 1.82) is 5.26 Å². The molecule has 0 radical (unpaired) electrons. The van der Waals surface area contributed by atoms with E-state index in [2.05, 4.69) is 47.7 Å². The van der Waals surface area contributed by atoms with Gasteiger partial charge in [-0.3, -0.25) is 9.59 Å². The van der Waals surface area contributed by atoms with Gasteiger partial charge in [-0.05, 0) is 61.3 Å². The van der Waals surface area contributed by atoms with Crippen molar-refractivity contribution in [2.75, 3.05) is 11.1 Å². The Morgan fingerprint density at radius 2 is 2.03 bits per heavy atom. The van der Waals surface area contributed by atoms with Crippen LogP contribution in [0.5, 0.6) is 0 Å². The molecule has 3 aromatic rings. The number of amides is 2. The monoisotopic (exact) mass is 604 g/mol. The van der Waals surface area contributed by atoms with Crippen LogP contribution < -0.4 is 10.6 Å². The van der Waals surface area contributed by atoms with Gasteiger partial charge in [-0.2, -0.15) is 5.26 Å². The third-order valence-corrected chi connectivity index (χ3v) is 9.76. The molecule has 1 atom stereocenters. The zero-order chi connectivity index (χ0) is 28.3. The summed E-state index contributed by atoms with van der Waals surface area (Å²) in [7, 11) is 0. The molecule has 2 amide bonds. The molecule has 1 aliphatic carbocycles. The Balaban J connectivity index is 1.37. The van der Waals surface area contributed by atoms with Gasteiger partial charge in [0.25, 0.3) is 5.91 Å². The van der Waals surface area contributed by atoms with Crippen LogP contribution in [0.1, 0.15) is 66.3 Å². The molecule has 2 N–H and O–H groups in total. The van der Waals surface area contributed by atoms with Crippen molar-refractivity contribution in [3.63, 3.8) is 0 Å². The number of thioether (sulfide) groups is 1. The van der Waals surface area contributed by atoms with Gasteiger partial charge in [0.15, 0.2) is 11.0 Å². The third kappa shape index (κ3) is 6.77. The molecule has 0 saturated carbocycles. The van der Waals surface area contributed by atoms with Crippen LogP contribution in [0.3, 0.4) is 0 Å². The van der Waals surface area contributed by atoms with E-state index >= 15 is 0 Å². The lowest BCUT2D eigenvalue weighted by Crippen LogP contribution is -2.26. The topological polar surface area (TPSA) is 113 Å². The van der Waals surface area contributed by atoms with Gasteiger partial charge in [-0.15, -0.1) is 21.5 Å². The number of hydrogen-bond donors (Lipinski definition) is 2. The number of benzene rings is 1. The van der Waals surface area contributed by atoms with Crippen LogP contribution in [-0.2, 0) is 30.7 Å². The molecule has 12 heteroatoms. The average molecular weight is 606 g/mol. The highest BCUT2D eigenvalue weighted by Crippen LogP contribution is 2.44. The summed E-state index contributed by atoms with van der Waals surface area (Å²) >= 11 is 14.7. The standard InChI is InChI=1S/C27H30Cl2N6O2S2/c1-5-35-22(13-31-24(37)15-6-9-19(28)20(29)10-15)33-34-26(35)38-14-23(36)32-25-18(12-30)17-8-7-16(27(2,3)4)11-21(17)39-25/h6,9-10,16H,5,7-8,11,13-14H2,1-4H3,(H,31,37)(H,32,36)/t16-/m0/s1. The molecule has 2 aromatic heterocycles. The smallest absolute Gasteiger partial charge is 0.251 e. The number of rotatable bonds is 8. The minimum Gasteiger partial charge on any atom is -0.345 e. The lowest BCUT2D eigenvalue weighted by atomic mass is 9.72. The molecule has 0 unspecified atom stereocenters. The molecule has 206 valence electrons. The molecule has 0 fully saturated rings. The van der Waals surface area contributed by atoms with E-state index in [1.54, 1.807) is 12.1 Å². The van der Waals surface area contributed by atoms with E-state index < -0.39 is 0 Å². The predicted octanol–water partition coefficient (Wildman–Crippen LogP) is 6.35. The van der Waals surface area contributed by atoms with Crippen molar-refractivity contribution in [3.8, 4) is 6.07 Å². The zero-order valence-corrected chi connectivity index (χ0v) is 25.4. The molecule has 39 heavy (non-hydrogen) atoms. The molecule has 1 aliphatic rings. The second kappa shape index (κ2) is 12.3. The van der Waals surface area contributed by atoms with Crippen LogP contribution in [0.15, 0.2) is 23.4 Å². The van der Waals surface area contributed by atoms with Gasteiger partial charge < -0.3 is 15.2 Å². The first-order chi connectivity index (χ1) is 18.5. The molecule has 0 saturated heterocycles. The Morgan fingerprint density at radius 3 is 2.69 bits per heavy atom. The number of carbonyl (C=O) groups excluding carboxylic acids is 2. The molecular formula is C27H30Cl2N6O2S2. The van der Waals surface area contributed by atoms with E-state index in [1.807, 2.05) is 11.5 Å². The summed E-state index contributed by atoms with van der Waals surface area (Å²) in [6.07, 6.45) is 2.85. The van der Waals surface area contributed by atoms with Gasteiger partial charge in [-0.25, -0.2) is 0 Å². The Hall–Kier alpha value is -2.58. The SMILES string of the molecule is CCn1c(CNC(=O)c2ccc(Cl)c(Cl)c2)nnc1SCC(=O)Nc1sc2c(c1C#N)CC[C@H](C(C)(C)C)C2. The van der Waals surface area contributed by atoms with E-state index in [1.165, 1.54) is 34.0 Å². The van der Waals surface area contributed by atoms with Crippen LogP contribution in [0, 0.1) is 22.7 Å².